The van der Waals surface area contributed by atoms with Crippen molar-refractivity contribution in [3.05, 3.63) is 54.2 Å². The van der Waals surface area contributed by atoms with Crippen LogP contribution >= 0.6 is 0 Å². The van der Waals surface area contributed by atoms with Gasteiger partial charge in [0.1, 0.15) is 5.82 Å². The molecule has 5 nitrogen and oxygen atoms in total. The van der Waals surface area contributed by atoms with Crippen LogP contribution in [0.15, 0.2) is 48.7 Å². The topological polar surface area (TPSA) is 71.1 Å². The first kappa shape index (κ1) is 12.8. The Labute approximate surface area is 110 Å². The van der Waals surface area contributed by atoms with Crippen LogP contribution in [0.1, 0.15) is 5.56 Å². The highest BCUT2D eigenvalue weighted by Gasteiger charge is 2.02. The summed E-state index contributed by atoms with van der Waals surface area (Å²) in [4.78, 5) is 25.9. The predicted molar refractivity (Wildman–Crippen MR) is 72.7 cm³/mol. The highest BCUT2D eigenvalue weighted by molar-refractivity contribution is 5.99. The highest BCUT2D eigenvalue weighted by Crippen LogP contribution is 2.10. The average Bonchev–Trinajstić information content (AvgIpc) is 2.42. The molecule has 1 aromatic carbocycles. The van der Waals surface area contributed by atoms with Crippen LogP contribution in [0.2, 0.25) is 0 Å². The molecule has 2 N–H and O–H groups in total. The molecule has 0 spiro atoms. The molecule has 0 saturated heterocycles. The number of nitrogens with zero attached hydrogens (tertiary/aromatic N) is 1. The fraction of sp³-hybridized carbons (Fsp3) is 0.0714. The van der Waals surface area contributed by atoms with Crippen molar-refractivity contribution in [1.29, 1.82) is 0 Å². The van der Waals surface area contributed by atoms with Gasteiger partial charge in [0.05, 0.1) is 0 Å². The van der Waals surface area contributed by atoms with E-state index in [9.17, 15) is 9.59 Å². The van der Waals surface area contributed by atoms with Gasteiger partial charge in [-0.2, -0.15) is 0 Å². The summed E-state index contributed by atoms with van der Waals surface area (Å²) in [5, 5.41) is 5.28. The monoisotopic (exact) mass is 254 g/mol. The maximum atomic E-state index is 11.7. The van der Waals surface area contributed by atoms with Gasteiger partial charge in [-0.15, -0.1) is 0 Å². The number of amides is 2. The lowest BCUT2D eigenvalue weighted by molar-refractivity contribution is 0.262. The van der Waals surface area contributed by atoms with Crippen molar-refractivity contribution in [2.45, 2.75) is 6.42 Å². The smallest absolute Gasteiger partial charge is 0.308 e. The van der Waals surface area contributed by atoms with Crippen LogP contribution in [0.5, 0.6) is 0 Å². The molecule has 0 atom stereocenters. The summed E-state index contributed by atoms with van der Waals surface area (Å²) in [6.45, 7) is 0. The SMILES string of the molecule is O=[C]Cc1ccc(NC(=O)Nc2ccccn2)cc1. The first-order chi connectivity index (χ1) is 9.28. The fourth-order valence-corrected chi connectivity index (χ4v) is 1.50. The molecule has 1 heterocycles. The summed E-state index contributed by atoms with van der Waals surface area (Å²) < 4.78 is 0. The minimum atomic E-state index is -0.367. The third-order valence-corrected chi connectivity index (χ3v) is 2.39. The second-order valence-electron chi connectivity index (χ2n) is 3.81. The van der Waals surface area contributed by atoms with Crippen molar-refractivity contribution < 1.29 is 9.59 Å². The maximum Gasteiger partial charge on any atom is 0.324 e. The Morgan fingerprint density at radius 3 is 2.53 bits per heavy atom. The molecule has 0 bridgehead atoms. The number of hydrogen-bond donors (Lipinski definition) is 2. The molecule has 0 aliphatic heterocycles. The van der Waals surface area contributed by atoms with Crippen LogP contribution in [-0.2, 0) is 11.2 Å². The van der Waals surface area contributed by atoms with Crippen LogP contribution in [0.4, 0.5) is 16.3 Å². The van der Waals surface area contributed by atoms with Crippen molar-refractivity contribution in [1.82, 2.24) is 4.98 Å². The van der Waals surface area contributed by atoms with Crippen LogP contribution in [0, 0.1) is 0 Å². The number of aromatic nitrogens is 1. The summed E-state index contributed by atoms with van der Waals surface area (Å²) in [5.41, 5.74) is 1.49. The molecular weight excluding hydrogens is 242 g/mol. The Balaban J connectivity index is 1.93. The largest absolute Gasteiger partial charge is 0.324 e. The molecule has 2 amide bonds. The van der Waals surface area contributed by atoms with E-state index >= 15 is 0 Å². The van der Waals surface area contributed by atoms with E-state index in [0.29, 0.717) is 11.5 Å². The third-order valence-electron chi connectivity index (χ3n) is 2.39. The number of urea groups is 1. The summed E-state index contributed by atoms with van der Waals surface area (Å²) in [6.07, 6.45) is 3.67. The summed E-state index contributed by atoms with van der Waals surface area (Å²) >= 11 is 0. The van der Waals surface area contributed by atoms with Crippen molar-refractivity contribution in [2.75, 3.05) is 10.6 Å². The molecule has 0 fully saturated rings. The van der Waals surface area contributed by atoms with Crippen molar-refractivity contribution in [3.63, 3.8) is 0 Å². The number of pyridine rings is 1. The van der Waals surface area contributed by atoms with Gasteiger partial charge in [-0.25, -0.2) is 9.78 Å². The van der Waals surface area contributed by atoms with Crippen LogP contribution < -0.4 is 10.6 Å². The van der Waals surface area contributed by atoms with Gasteiger partial charge < -0.3 is 5.32 Å². The third kappa shape index (κ3) is 3.92. The highest BCUT2D eigenvalue weighted by atomic mass is 16.2. The number of benzene rings is 1. The first-order valence-electron chi connectivity index (χ1n) is 5.71. The molecule has 1 radical (unpaired) electrons. The lowest BCUT2D eigenvalue weighted by atomic mass is 10.1. The molecule has 5 heteroatoms. The Hall–Kier alpha value is -2.69. The number of nitrogens with one attached hydrogen (secondary N) is 2. The number of rotatable bonds is 4. The zero-order valence-electron chi connectivity index (χ0n) is 10.1. The van der Waals surface area contributed by atoms with E-state index in [1.54, 1.807) is 48.7 Å². The molecule has 0 aliphatic rings. The average molecular weight is 254 g/mol. The first-order valence-corrected chi connectivity index (χ1v) is 5.71. The van der Waals surface area contributed by atoms with Gasteiger partial charge in [-0.3, -0.25) is 10.1 Å². The molecule has 2 rings (SSSR count). The fourth-order valence-electron chi connectivity index (χ4n) is 1.50. The molecule has 1 aromatic heterocycles. The number of carbonyl (C=O) groups is 1. The van der Waals surface area contributed by atoms with Gasteiger partial charge in [-0.1, -0.05) is 18.2 Å². The van der Waals surface area contributed by atoms with Gasteiger partial charge in [-0.05, 0) is 29.8 Å². The quantitative estimate of drug-likeness (QED) is 0.879. The second kappa shape index (κ2) is 6.30. The number of anilines is 2. The van der Waals surface area contributed by atoms with E-state index in [1.807, 2.05) is 6.29 Å². The second-order valence-corrected chi connectivity index (χ2v) is 3.81. The normalized spacial score (nSPS) is 9.68. The standard InChI is InChI=1S/C14H12N3O2/c18-10-8-11-4-6-12(7-5-11)16-14(19)17-13-3-1-2-9-15-13/h1-7,9H,8H2,(H2,15,16,17,19). The molecule has 95 valence electrons. The van der Waals surface area contributed by atoms with E-state index in [4.69, 9.17) is 0 Å². The molecular formula is C14H12N3O2. The van der Waals surface area contributed by atoms with E-state index in [1.165, 1.54) is 0 Å². The summed E-state index contributed by atoms with van der Waals surface area (Å²) in [5.74, 6) is 0.479. The maximum absolute atomic E-state index is 11.7. The lowest BCUT2D eigenvalue weighted by Gasteiger charge is -2.07. The van der Waals surface area contributed by atoms with E-state index in [-0.39, 0.29) is 12.5 Å². The Morgan fingerprint density at radius 1 is 1.11 bits per heavy atom. The predicted octanol–water partition coefficient (Wildman–Crippen LogP) is 2.38. The Morgan fingerprint density at radius 2 is 1.89 bits per heavy atom. The van der Waals surface area contributed by atoms with E-state index in [0.717, 1.165) is 5.56 Å². The van der Waals surface area contributed by atoms with Crippen LogP contribution in [0.25, 0.3) is 0 Å². The minimum absolute atomic E-state index is 0.250. The van der Waals surface area contributed by atoms with Crippen molar-refractivity contribution in [2.24, 2.45) is 0 Å². The minimum Gasteiger partial charge on any atom is -0.308 e. The molecule has 2 aromatic rings. The molecule has 0 saturated carbocycles. The zero-order valence-corrected chi connectivity index (χ0v) is 10.1. The number of carbonyl (C=O) groups excluding carboxylic acids is 2. The van der Waals surface area contributed by atoms with Crippen LogP contribution in [-0.4, -0.2) is 17.3 Å². The number of hydrogen-bond acceptors (Lipinski definition) is 3. The van der Waals surface area contributed by atoms with Gasteiger partial charge >= 0.3 is 6.03 Å². The Kier molecular flexibility index (Phi) is 4.23. The van der Waals surface area contributed by atoms with Crippen molar-refractivity contribution in [3.8, 4) is 0 Å². The molecule has 19 heavy (non-hydrogen) atoms. The van der Waals surface area contributed by atoms with Gasteiger partial charge in [0.25, 0.3) is 0 Å². The molecule has 0 aliphatic carbocycles. The van der Waals surface area contributed by atoms with E-state index in [2.05, 4.69) is 15.6 Å². The summed E-state index contributed by atoms with van der Waals surface area (Å²) in [6, 6.07) is 11.9. The van der Waals surface area contributed by atoms with Gasteiger partial charge in [0.2, 0.25) is 6.29 Å². The molecule has 0 unspecified atom stereocenters. The van der Waals surface area contributed by atoms with E-state index < -0.39 is 0 Å². The van der Waals surface area contributed by atoms with Gasteiger partial charge in [0.15, 0.2) is 0 Å². The summed E-state index contributed by atoms with van der Waals surface area (Å²) in [7, 11) is 0. The zero-order chi connectivity index (χ0) is 13.5. The van der Waals surface area contributed by atoms with Gasteiger partial charge in [0, 0.05) is 18.3 Å². The van der Waals surface area contributed by atoms with Crippen LogP contribution in [0.3, 0.4) is 0 Å². The Bertz CT molecular complexity index is 553. The lowest BCUT2D eigenvalue weighted by Crippen LogP contribution is -2.19. The van der Waals surface area contributed by atoms with Crippen molar-refractivity contribution >= 4 is 23.8 Å².